The molecule has 84 valence electrons. The van der Waals surface area contributed by atoms with Crippen molar-refractivity contribution in [1.82, 2.24) is 4.98 Å². The minimum absolute atomic E-state index is 0.459. The Morgan fingerprint density at radius 3 is 2.50 bits per heavy atom. The van der Waals surface area contributed by atoms with Crippen molar-refractivity contribution in [2.75, 3.05) is 0 Å². The lowest BCUT2D eigenvalue weighted by atomic mass is 9.94. The summed E-state index contributed by atoms with van der Waals surface area (Å²) in [6, 6.07) is 10.1. The maximum absolute atomic E-state index is 6.15. The van der Waals surface area contributed by atoms with Gasteiger partial charge in [-0.05, 0) is 18.1 Å². The number of para-hydroxylation sites is 1. The van der Waals surface area contributed by atoms with Crippen LogP contribution in [0.5, 0.6) is 0 Å². The predicted molar refractivity (Wildman–Crippen MR) is 70.0 cm³/mol. The summed E-state index contributed by atoms with van der Waals surface area (Å²) in [7, 11) is 0. The number of hydrogen-bond donors (Lipinski definition) is 0. The van der Waals surface area contributed by atoms with E-state index in [4.69, 9.17) is 11.6 Å². The normalized spacial score (nSPS) is 13.3. The minimum Gasteiger partial charge on any atom is -0.251 e. The van der Waals surface area contributed by atoms with Crippen LogP contribution >= 0.6 is 11.6 Å². The van der Waals surface area contributed by atoms with Crippen molar-refractivity contribution < 1.29 is 0 Å². The first-order valence-corrected chi connectivity index (χ1v) is 6.02. The number of nitrogens with zero attached hydrogens (tertiary/aromatic N) is 1. The van der Waals surface area contributed by atoms with Gasteiger partial charge in [-0.25, -0.2) is 0 Å². The average molecular weight is 234 g/mol. The van der Waals surface area contributed by atoms with Gasteiger partial charge in [-0.1, -0.05) is 50.6 Å². The average Bonchev–Trinajstić information content (AvgIpc) is 2.28. The molecule has 2 heteroatoms. The summed E-state index contributed by atoms with van der Waals surface area (Å²) in [6.45, 7) is 6.63. The Bertz CT molecular complexity index is 505. The van der Waals surface area contributed by atoms with Gasteiger partial charge in [-0.3, -0.25) is 4.98 Å². The van der Waals surface area contributed by atoms with E-state index in [0.29, 0.717) is 11.8 Å². The molecule has 2 rings (SSSR count). The first-order valence-electron chi connectivity index (χ1n) is 5.64. The third-order valence-corrected chi connectivity index (χ3v) is 3.46. The molecule has 2 aromatic rings. The Kier molecular flexibility index (Phi) is 3.15. The first kappa shape index (κ1) is 11.4. The van der Waals surface area contributed by atoms with Crippen molar-refractivity contribution >= 4 is 22.5 Å². The van der Waals surface area contributed by atoms with Crippen molar-refractivity contribution in [2.24, 2.45) is 5.92 Å². The molecule has 1 unspecified atom stereocenters. The molecular weight excluding hydrogens is 218 g/mol. The molecule has 0 N–H and O–H groups in total. The van der Waals surface area contributed by atoms with Crippen LogP contribution in [-0.4, -0.2) is 4.98 Å². The molecule has 0 aliphatic heterocycles. The Morgan fingerprint density at radius 1 is 1.06 bits per heavy atom. The number of benzene rings is 1. The van der Waals surface area contributed by atoms with Crippen LogP contribution in [0.25, 0.3) is 10.9 Å². The molecule has 0 aliphatic rings. The van der Waals surface area contributed by atoms with Crippen LogP contribution in [0.2, 0.25) is 5.02 Å². The van der Waals surface area contributed by atoms with Crippen molar-refractivity contribution in [3.05, 3.63) is 41.0 Å². The fourth-order valence-corrected chi connectivity index (χ4v) is 1.95. The molecule has 0 fully saturated rings. The summed E-state index contributed by atoms with van der Waals surface area (Å²) in [6.07, 6.45) is 0. The molecule has 0 saturated heterocycles. The van der Waals surface area contributed by atoms with E-state index in [1.54, 1.807) is 0 Å². The molecule has 1 nitrogen and oxygen atoms in total. The van der Waals surface area contributed by atoms with Crippen LogP contribution in [0.3, 0.4) is 0 Å². The lowest BCUT2D eigenvalue weighted by molar-refractivity contribution is 0.525. The summed E-state index contributed by atoms with van der Waals surface area (Å²) in [5.41, 5.74) is 2.03. The molecule has 0 radical (unpaired) electrons. The van der Waals surface area contributed by atoms with E-state index < -0.39 is 0 Å². The van der Waals surface area contributed by atoms with Crippen LogP contribution in [0, 0.1) is 5.92 Å². The van der Waals surface area contributed by atoms with Crippen LogP contribution in [0.4, 0.5) is 0 Å². The number of halogens is 1. The lowest BCUT2D eigenvalue weighted by Gasteiger charge is -2.15. The van der Waals surface area contributed by atoms with Gasteiger partial charge in [-0.2, -0.15) is 0 Å². The second-order valence-electron chi connectivity index (χ2n) is 4.58. The van der Waals surface area contributed by atoms with Crippen molar-refractivity contribution in [2.45, 2.75) is 26.7 Å². The zero-order valence-corrected chi connectivity index (χ0v) is 10.6. The molecule has 16 heavy (non-hydrogen) atoms. The van der Waals surface area contributed by atoms with Gasteiger partial charge in [-0.15, -0.1) is 0 Å². The summed E-state index contributed by atoms with van der Waals surface area (Å²) < 4.78 is 0. The van der Waals surface area contributed by atoms with Gasteiger partial charge < -0.3 is 0 Å². The van der Waals surface area contributed by atoms with Crippen molar-refractivity contribution in [3.8, 4) is 0 Å². The quantitative estimate of drug-likeness (QED) is 0.736. The lowest BCUT2D eigenvalue weighted by Crippen LogP contribution is -2.04. The van der Waals surface area contributed by atoms with Crippen LogP contribution in [-0.2, 0) is 0 Å². The maximum atomic E-state index is 6.15. The molecule has 1 aromatic carbocycles. The Balaban J connectivity index is 2.55. The van der Waals surface area contributed by atoms with E-state index in [9.17, 15) is 0 Å². The summed E-state index contributed by atoms with van der Waals surface area (Å²) in [4.78, 5) is 4.66. The van der Waals surface area contributed by atoms with E-state index in [1.165, 1.54) is 0 Å². The highest BCUT2D eigenvalue weighted by Crippen LogP contribution is 2.27. The SMILES string of the molecule is CC(C)C(C)c1ccc2cccc(Cl)c2n1. The second-order valence-corrected chi connectivity index (χ2v) is 4.99. The Hall–Kier alpha value is -1.08. The standard InChI is InChI=1S/C14H16ClN/c1-9(2)10(3)13-8-7-11-5-4-6-12(15)14(11)16-13/h4-10H,1-3H3. The molecule has 0 saturated carbocycles. The molecule has 0 aliphatic carbocycles. The second kappa shape index (κ2) is 4.42. The predicted octanol–water partition coefficient (Wildman–Crippen LogP) is 4.65. The fourth-order valence-electron chi connectivity index (χ4n) is 1.72. The Labute approximate surface area is 101 Å². The number of pyridine rings is 1. The van der Waals surface area contributed by atoms with Crippen LogP contribution < -0.4 is 0 Å². The van der Waals surface area contributed by atoms with Gasteiger partial charge in [0.05, 0.1) is 10.5 Å². The van der Waals surface area contributed by atoms with Crippen molar-refractivity contribution in [1.29, 1.82) is 0 Å². The zero-order valence-electron chi connectivity index (χ0n) is 9.87. The fraction of sp³-hybridized carbons (Fsp3) is 0.357. The number of fused-ring (bicyclic) bond motifs is 1. The Morgan fingerprint density at radius 2 is 1.81 bits per heavy atom. The molecule has 1 heterocycles. The molecule has 0 amide bonds. The van der Waals surface area contributed by atoms with E-state index in [2.05, 4.69) is 37.9 Å². The van der Waals surface area contributed by atoms with Crippen molar-refractivity contribution in [3.63, 3.8) is 0 Å². The summed E-state index contributed by atoms with van der Waals surface area (Å²) >= 11 is 6.15. The third kappa shape index (κ3) is 2.05. The highest BCUT2D eigenvalue weighted by molar-refractivity contribution is 6.35. The molecule has 0 bridgehead atoms. The zero-order chi connectivity index (χ0) is 11.7. The van der Waals surface area contributed by atoms with Gasteiger partial charge >= 0.3 is 0 Å². The molecule has 0 spiro atoms. The van der Waals surface area contributed by atoms with Gasteiger partial charge in [0.25, 0.3) is 0 Å². The molecule has 1 aromatic heterocycles. The summed E-state index contributed by atoms with van der Waals surface area (Å²) in [5.74, 6) is 1.05. The molecule has 1 atom stereocenters. The monoisotopic (exact) mass is 233 g/mol. The summed E-state index contributed by atoms with van der Waals surface area (Å²) in [5, 5.41) is 1.84. The van der Waals surface area contributed by atoms with E-state index in [-0.39, 0.29) is 0 Å². The van der Waals surface area contributed by atoms with Crippen LogP contribution in [0.15, 0.2) is 30.3 Å². The van der Waals surface area contributed by atoms with E-state index >= 15 is 0 Å². The number of aromatic nitrogens is 1. The minimum atomic E-state index is 0.459. The number of hydrogen-bond acceptors (Lipinski definition) is 1. The first-order chi connectivity index (χ1) is 7.59. The van der Waals surface area contributed by atoms with Crippen LogP contribution in [0.1, 0.15) is 32.4 Å². The van der Waals surface area contributed by atoms with Gasteiger partial charge in [0.1, 0.15) is 0 Å². The van der Waals surface area contributed by atoms with Gasteiger partial charge in [0.15, 0.2) is 0 Å². The molecular formula is C14H16ClN. The number of rotatable bonds is 2. The highest BCUT2D eigenvalue weighted by Gasteiger charge is 2.12. The smallest absolute Gasteiger partial charge is 0.0891 e. The highest BCUT2D eigenvalue weighted by atomic mass is 35.5. The third-order valence-electron chi connectivity index (χ3n) is 3.16. The van der Waals surface area contributed by atoms with Gasteiger partial charge in [0.2, 0.25) is 0 Å². The van der Waals surface area contributed by atoms with E-state index in [0.717, 1.165) is 21.6 Å². The van der Waals surface area contributed by atoms with E-state index in [1.807, 2.05) is 18.2 Å². The largest absolute Gasteiger partial charge is 0.251 e. The van der Waals surface area contributed by atoms with Gasteiger partial charge in [0, 0.05) is 17.0 Å². The maximum Gasteiger partial charge on any atom is 0.0891 e. The topological polar surface area (TPSA) is 12.9 Å².